The van der Waals surface area contributed by atoms with Crippen molar-refractivity contribution in [3.05, 3.63) is 11.8 Å². The van der Waals surface area contributed by atoms with Gasteiger partial charge in [0.25, 0.3) is 0 Å². The molecule has 2 fully saturated rings. The molecule has 0 aromatic rings. The lowest BCUT2D eigenvalue weighted by Crippen LogP contribution is -2.41. The molecule has 0 spiro atoms. The first kappa shape index (κ1) is 12.8. The van der Waals surface area contributed by atoms with Crippen molar-refractivity contribution >= 4 is 6.02 Å². The van der Waals surface area contributed by atoms with E-state index in [0.29, 0.717) is 6.02 Å². The van der Waals surface area contributed by atoms with E-state index in [1.807, 2.05) is 0 Å². The van der Waals surface area contributed by atoms with E-state index in [2.05, 4.69) is 16.5 Å². The highest BCUT2D eigenvalue weighted by molar-refractivity contribution is 5.75. The van der Waals surface area contributed by atoms with Crippen molar-refractivity contribution in [3.63, 3.8) is 0 Å². The van der Waals surface area contributed by atoms with E-state index >= 15 is 0 Å². The van der Waals surface area contributed by atoms with E-state index in [4.69, 9.17) is 9.94 Å². The number of nitrogens with one attached hydrogen (secondary N) is 1. The molecule has 19 heavy (non-hydrogen) atoms. The molecule has 0 saturated heterocycles. The van der Waals surface area contributed by atoms with Crippen LogP contribution in [0.5, 0.6) is 0 Å². The van der Waals surface area contributed by atoms with Crippen molar-refractivity contribution in [1.29, 1.82) is 0 Å². The second-order valence-corrected chi connectivity index (χ2v) is 6.20. The SMILES string of the molecule is ON=C(NC12CCCCC1C2)OC1=CCCCCC1. The van der Waals surface area contributed by atoms with Crippen molar-refractivity contribution in [2.45, 2.75) is 69.7 Å². The predicted molar refractivity (Wildman–Crippen MR) is 73.9 cm³/mol. The maximum atomic E-state index is 9.16. The van der Waals surface area contributed by atoms with Crippen LogP contribution in [0.25, 0.3) is 0 Å². The standard InChI is InChI=1S/C15H24N2O2/c18-17-14(19-13-8-3-1-2-4-9-13)16-15-10-6-5-7-12(15)11-15/h8,12,18H,1-7,9-11H2,(H,16,17). The van der Waals surface area contributed by atoms with E-state index in [0.717, 1.165) is 30.9 Å². The Morgan fingerprint density at radius 1 is 1.32 bits per heavy atom. The van der Waals surface area contributed by atoms with Gasteiger partial charge in [-0.1, -0.05) is 19.3 Å². The van der Waals surface area contributed by atoms with Gasteiger partial charge in [-0.2, -0.15) is 0 Å². The van der Waals surface area contributed by atoms with Gasteiger partial charge >= 0.3 is 6.02 Å². The lowest BCUT2D eigenvalue weighted by Gasteiger charge is -2.24. The Morgan fingerprint density at radius 3 is 3.11 bits per heavy atom. The summed E-state index contributed by atoms with van der Waals surface area (Å²) in [7, 11) is 0. The number of oxime groups is 1. The van der Waals surface area contributed by atoms with Crippen molar-refractivity contribution in [2.24, 2.45) is 11.1 Å². The van der Waals surface area contributed by atoms with Gasteiger partial charge in [0.2, 0.25) is 0 Å². The molecule has 0 radical (unpaired) electrons. The van der Waals surface area contributed by atoms with Gasteiger partial charge in [0.05, 0.1) is 0 Å². The normalized spacial score (nSPS) is 34.8. The highest BCUT2D eigenvalue weighted by Crippen LogP contribution is 2.53. The van der Waals surface area contributed by atoms with Crippen LogP contribution in [0.15, 0.2) is 17.0 Å². The Labute approximate surface area is 114 Å². The maximum absolute atomic E-state index is 9.16. The Morgan fingerprint density at radius 2 is 2.26 bits per heavy atom. The van der Waals surface area contributed by atoms with Crippen LogP contribution in [-0.4, -0.2) is 16.8 Å². The van der Waals surface area contributed by atoms with Gasteiger partial charge in [0.15, 0.2) is 0 Å². The van der Waals surface area contributed by atoms with Crippen molar-refractivity contribution < 1.29 is 9.94 Å². The summed E-state index contributed by atoms with van der Waals surface area (Å²) in [4.78, 5) is 0. The van der Waals surface area contributed by atoms with Gasteiger partial charge < -0.3 is 15.3 Å². The molecule has 0 bridgehead atoms. The summed E-state index contributed by atoms with van der Waals surface area (Å²) in [5.41, 5.74) is 0.172. The third-order valence-electron chi connectivity index (χ3n) is 4.83. The number of fused-ring (bicyclic) bond motifs is 1. The zero-order chi connectivity index (χ0) is 13.1. The van der Waals surface area contributed by atoms with Gasteiger partial charge in [0.1, 0.15) is 5.76 Å². The highest BCUT2D eigenvalue weighted by atomic mass is 16.5. The van der Waals surface area contributed by atoms with Gasteiger partial charge in [-0.3, -0.25) is 0 Å². The van der Waals surface area contributed by atoms with Crippen molar-refractivity contribution in [1.82, 2.24) is 5.32 Å². The molecule has 0 aromatic carbocycles. The first-order valence-electron chi connectivity index (χ1n) is 7.69. The molecule has 106 valence electrons. The van der Waals surface area contributed by atoms with Crippen LogP contribution in [-0.2, 0) is 4.74 Å². The van der Waals surface area contributed by atoms with E-state index < -0.39 is 0 Å². The molecule has 3 aliphatic rings. The van der Waals surface area contributed by atoms with Crippen molar-refractivity contribution in [2.75, 3.05) is 0 Å². The minimum absolute atomic E-state index is 0.172. The third kappa shape index (κ3) is 2.88. The zero-order valence-corrected chi connectivity index (χ0v) is 11.5. The smallest absolute Gasteiger partial charge is 0.329 e. The van der Waals surface area contributed by atoms with Crippen LogP contribution in [0.2, 0.25) is 0 Å². The van der Waals surface area contributed by atoms with Crippen LogP contribution in [0.1, 0.15) is 64.2 Å². The van der Waals surface area contributed by atoms with Crippen molar-refractivity contribution in [3.8, 4) is 0 Å². The molecule has 2 saturated carbocycles. The van der Waals surface area contributed by atoms with Crippen LogP contribution in [0, 0.1) is 5.92 Å². The summed E-state index contributed by atoms with van der Waals surface area (Å²) in [6.45, 7) is 0. The molecular formula is C15H24N2O2. The lowest BCUT2D eigenvalue weighted by atomic mass is 9.95. The van der Waals surface area contributed by atoms with E-state index in [-0.39, 0.29) is 5.54 Å². The minimum Gasteiger partial charge on any atom is -0.429 e. The molecule has 3 rings (SSSR count). The highest BCUT2D eigenvalue weighted by Gasteiger charge is 2.55. The van der Waals surface area contributed by atoms with Crippen LogP contribution in [0.3, 0.4) is 0 Å². The van der Waals surface area contributed by atoms with E-state index in [1.165, 1.54) is 44.9 Å². The molecule has 3 aliphatic carbocycles. The molecule has 4 heteroatoms. The fraction of sp³-hybridized carbons (Fsp3) is 0.800. The summed E-state index contributed by atoms with van der Waals surface area (Å²) >= 11 is 0. The van der Waals surface area contributed by atoms with Gasteiger partial charge in [-0.25, -0.2) is 0 Å². The number of amidine groups is 1. The van der Waals surface area contributed by atoms with Crippen LogP contribution >= 0.6 is 0 Å². The number of allylic oxidation sites excluding steroid dienone is 2. The Kier molecular flexibility index (Phi) is 3.67. The minimum atomic E-state index is 0.172. The molecular weight excluding hydrogens is 240 g/mol. The molecule has 0 amide bonds. The molecule has 0 aromatic heterocycles. The Hall–Kier alpha value is -1.19. The fourth-order valence-electron chi connectivity index (χ4n) is 3.60. The predicted octanol–water partition coefficient (Wildman–Crippen LogP) is 3.52. The molecule has 2 atom stereocenters. The second-order valence-electron chi connectivity index (χ2n) is 6.20. The number of nitrogens with zero attached hydrogens (tertiary/aromatic N) is 1. The number of ether oxygens (including phenoxy) is 1. The molecule has 2 unspecified atom stereocenters. The van der Waals surface area contributed by atoms with Crippen LogP contribution in [0.4, 0.5) is 0 Å². The largest absolute Gasteiger partial charge is 0.429 e. The average molecular weight is 264 g/mol. The maximum Gasteiger partial charge on any atom is 0.329 e. The Balaban J connectivity index is 1.58. The molecule has 4 nitrogen and oxygen atoms in total. The summed E-state index contributed by atoms with van der Waals surface area (Å²) in [6.07, 6.45) is 14.1. The molecule has 0 heterocycles. The molecule has 2 N–H and O–H groups in total. The quantitative estimate of drug-likeness (QED) is 0.347. The second kappa shape index (κ2) is 5.43. The number of rotatable bonds is 2. The topological polar surface area (TPSA) is 53.9 Å². The monoisotopic (exact) mass is 264 g/mol. The average Bonchev–Trinajstić information content (AvgIpc) is 3.18. The lowest BCUT2D eigenvalue weighted by molar-refractivity contribution is 0.263. The summed E-state index contributed by atoms with van der Waals surface area (Å²) in [5, 5.41) is 15.8. The van der Waals surface area contributed by atoms with Gasteiger partial charge in [-0.05, 0) is 55.7 Å². The first-order chi connectivity index (χ1) is 9.32. The summed E-state index contributed by atoms with van der Waals surface area (Å²) in [6, 6.07) is 0.303. The van der Waals surface area contributed by atoms with E-state index in [9.17, 15) is 0 Å². The van der Waals surface area contributed by atoms with E-state index in [1.54, 1.807) is 0 Å². The Bertz CT molecular complexity index is 392. The molecule has 0 aliphatic heterocycles. The first-order valence-corrected chi connectivity index (χ1v) is 7.69. The van der Waals surface area contributed by atoms with Gasteiger partial charge in [-0.15, -0.1) is 0 Å². The summed E-state index contributed by atoms with van der Waals surface area (Å²) < 4.78 is 5.77. The van der Waals surface area contributed by atoms with Crippen LogP contribution < -0.4 is 5.32 Å². The summed E-state index contributed by atoms with van der Waals surface area (Å²) in [5.74, 6) is 1.71. The fourth-order valence-corrected chi connectivity index (χ4v) is 3.60. The van der Waals surface area contributed by atoms with Gasteiger partial charge in [0, 0.05) is 12.0 Å². The number of hydrogen-bond donors (Lipinski definition) is 2. The zero-order valence-electron chi connectivity index (χ0n) is 11.5. The third-order valence-corrected chi connectivity index (χ3v) is 4.83. The number of hydrogen-bond acceptors (Lipinski definition) is 3.